The SMILES string of the molecule is CNC(C)CNC(=O)c1cc([N+](=O)[O-])ccc1C. The minimum atomic E-state index is -0.507. The van der Waals surface area contributed by atoms with E-state index < -0.39 is 4.92 Å². The van der Waals surface area contributed by atoms with Crippen LogP contribution in [0.4, 0.5) is 5.69 Å². The van der Waals surface area contributed by atoms with Gasteiger partial charge in [0.05, 0.1) is 4.92 Å². The van der Waals surface area contributed by atoms with E-state index in [0.717, 1.165) is 5.56 Å². The summed E-state index contributed by atoms with van der Waals surface area (Å²) in [7, 11) is 1.80. The first kappa shape index (κ1) is 14.1. The van der Waals surface area contributed by atoms with Crippen LogP contribution in [0.5, 0.6) is 0 Å². The standard InChI is InChI=1S/C12H17N3O3/c1-8-4-5-10(15(17)18)6-11(8)12(16)14-7-9(2)13-3/h4-6,9,13H,7H2,1-3H3,(H,14,16). The lowest BCUT2D eigenvalue weighted by Gasteiger charge is -2.12. The highest BCUT2D eigenvalue weighted by Gasteiger charge is 2.14. The molecule has 1 aromatic rings. The van der Waals surface area contributed by atoms with Crippen LogP contribution in [0.25, 0.3) is 0 Å². The number of hydrogen-bond acceptors (Lipinski definition) is 4. The Labute approximate surface area is 106 Å². The smallest absolute Gasteiger partial charge is 0.270 e. The molecule has 6 heteroatoms. The fourth-order valence-corrected chi connectivity index (χ4v) is 1.41. The molecule has 0 aliphatic heterocycles. The average Bonchev–Trinajstić information content (AvgIpc) is 2.35. The number of nitrogens with zero attached hydrogens (tertiary/aromatic N) is 1. The van der Waals surface area contributed by atoms with Crippen LogP contribution in [0.15, 0.2) is 18.2 Å². The van der Waals surface area contributed by atoms with Crippen molar-refractivity contribution in [3.63, 3.8) is 0 Å². The van der Waals surface area contributed by atoms with Gasteiger partial charge in [0, 0.05) is 30.3 Å². The van der Waals surface area contributed by atoms with Gasteiger partial charge in [-0.15, -0.1) is 0 Å². The number of non-ortho nitro benzene ring substituents is 1. The van der Waals surface area contributed by atoms with Crippen LogP contribution in [0, 0.1) is 17.0 Å². The van der Waals surface area contributed by atoms with E-state index in [1.54, 1.807) is 20.0 Å². The molecule has 1 aromatic carbocycles. The van der Waals surface area contributed by atoms with E-state index >= 15 is 0 Å². The summed E-state index contributed by atoms with van der Waals surface area (Å²) >= 11 is 0. The lowest BCUT2D eigenvalue weighted by atomic mass is 10.1. The van der Waals surface area contributed by atoms with E-state index in [4.69, 9.17) is 0 Å². The normalized spacial score (nSPS) is 11.9. The number of likely N-dealkylation sites (N-methyl/N-ethyl adjacent to an activating group) is 1. The van der Waals surface area contributed by atoms with E-state index in [-0.39, 0.29) is 17.6 Å². The molecule has 98 valence electrons. The van der Waals surface area contributed by atoms with Gasteiger partial charge >= 0.3 is 0 Å². The summed E-state index contributed by atoms with van der Waals surface area (Å²) in [6, 6.07) is 4.42. The van der Waals surface area contributed by atoms with Gasteiger partial charge in [-0.25, -0.2) is 0 Å². The van der Waals surface area contributed by atoms with Crippen molar-refractivity contribution in [3.05, 3.63) is 39.4 Å². The maximum atomic E-state index is 11.9. The summed E-state index contributed by atoms with van der Waals surface area (Å²) < 4.78 is 0. The Morgan fingerprint density at radius 2 is 2.17 bits per heavy atom. The van der Waals surface area contributed by atoms with Crippen molar-refractivity contribution < 1.29 is 9.72 Å². The summed E-state index contributed by atoms with van der Waals surface area (Å²) in [4.78, 5) is 22.1. The fourth-order valence-electron chi connectivity index (χ4n) is 1.41. The van der Waals surface area contributed by atoms with Crippen molar-refractivity contribution >= 4 is 11.6 Å². The quantitative estimate of drug-likeness (QED) is 0.609. The highest BCUT2D eigenvalue weighted by atomic mass is 16.6. The van der Waals surface area contributed by atoms with Gasteiger partial charge in [-0.2, -0.15) is 0 Å². The third-order valence-electron chi connectivity index (χ3n) is 2.74. The number of carbonyl (C=O) groups is 1. The van der Waals surface area contributed by atoms with Crippen molar-refractivity contribution in [2.45, 2.75) is 19.9 Å². The third kappa shape index (κ3) is 3.53. The molecule has 0 aromatic heterocycles. The van der Waals surface area contributed by atoms with Crippen molar-refractivity contribution in [2.75, 3.05) is 13.6 Å². The third-order valence-corrected chi connectivity index (χ3v) is 2.74. The molecule has 1 amide bonds. The van der Waals surface area contributed by atoms with Gasteiger partial charge < -0.3 is 10.6 Å². The molecule has 1 atom stereocenters. The number of hydrogen-bond donors (Lipinski definition) is 2. The molecule has 0 aliphatic carbocycles. The molecule has 2 N–H and O–H groups in total. The number of aryl methyl sites for hydroxylation is 1. The van der Waals surface area contributed by atoms with Gasteiger partial charge in [0.2, 0.25) is 0 Å². The predicted octanol–water partition coefficient (Wildman–Crippen LogP) is 1.24. The summed E-state index contributed by atoms with van der Waals surface area (Å²) in [5.41, 5.74) is 0.982. The second-order valence-corrected chi connectivity index (χ2v) is 4.16. The second-order valence-electron chi connectivity index (χ2n) is 4.16. The zero-order valence-corrected chi connectivity index (χ0v) is 10.7. The molecular formula is C12H17N3O3. The van der Waals surface area contributed by atoms with E-state index in [1.165, 1.54) is 12.1 Å². The van der Waals surface area contributed by atoms with Crippen LogP contribution in [0.2, 0.25) is 0 Å². The van der Waals surface area contributed by atoms with Crippen LogP contribution in [-0.4, -0.2) is 30.5 Å². The van der Waals surface area contributed by atoms with Crippen molar-refractivity contribution in [3.8, 4) is 0 Å². The Balaban J connectivity index is 2.84. The van der Waals surface area contributed by atoms with Crippen LogP contribution in [0.3, 0.4) is 0 Å². The lowest BCUT2D eigenvalue weighted by molar-refractivity contribution is -0.384. The molecule has 0 heterocycles. The Kier molecular flexibility index (Phi) is 4.79. The van der Waals surface area contributed by atoms with Crippen molar-refractivity contribution in [2.24, 2.45) is 0 Å². The van der Waals surface area contributed by atoms with Gasteiger partial charge in [0.15, 0.2) is 0 Å². The topological polar surface area (TPSA) is 84.3 Å². The molecule has 0 saturated carbocycles. The Hall–Kier alpha value is -1.95. The average molecular weight is 251 g/mol. The van der Waals surface area contributed by atoms with E-state index in [2.05, 4.69) is 10.6 Å². The number of rotatable bonds is 5. The molecule has 0 radical (unpaired) electrons. The number of benzene rings is 1. The minimum absolute atomic E-state index is 0.0765. The molecule has 0 saturated heterocycles. The highest BCUT2D eigenvalue weighted by molar-refractivity contribution is 5.96. The van der Waals surface area contributed by atoms with Gasteiger partial charge in [0.1, 0.15) is 0 Å². The Morgan fingerprint density at radius 3 is 2.72 bits per heavy atom. The number of nitro groups is 1. The molecular weight excluding hydrogens is 234 g/mol. The first-order valence-corrected chi connectivity index (χ1v) is 5.66. The summed E-state index contributed by atoms with van der Waals surface area (Å²) in [6.07, 6.45) is 0. The molecule has 0 fully saturated rings. The molecule has 0 bridgehead atoms. The fraction of sp³-hybridized carbons (Fsp3) is 0.417. The Bertz CT molecular complexity index is 460. The maximum absolute atomic E-state index is 11.9. The molecule has 0 spiro atoms. The molecule has 1 unspecified atom stereocenters. The zero-order valence-electron chi connectivity index (χ0n) is 10.7. The summed E-state index contributed by atoms with van der Waals surface area (Å²) in [6.45, 7) is 4.15. The first-order chi connectivity index (χ1) is 8.45. The van der Waals surface area contributed by atoms with E-state index in [0.29, 0.717) is 12.1 Å². The molecule has 0 aliphatic rings. The number of amides is 1. The maximum Gasteiger partial charge on any atom is 0.270 e. The lowest BCUT2D eigenvalue weighted by Crippen LogP contribution is -2.37. The molecule has 6 nitrogen and oxygen atoms in total. The van der Waals surface area contributed by atoms with Crippen LogP contribution in [0.1, 0.15) is 22.8 Å². The van der Waals surface area contributed by atoms with Crippen molar-refractivity contribution in [1.29, 1.82) is 0 Å². The monoisotopic (exact) mass is 251 g/mol. The molecule has 1 rings (SSSR count). The summed E-state index contributed by atoms with van der Waals surface area (Å²) in [5.74, 6) is -0.293. The van der Waals surface area contributed by atoms with Crippen molar-refractivity contribution in [1.82, 2.24) is 10.6 Å². The number of nitrogens with one attached hydrogen (secondary N) is 2. The van der Waals surface area contributed by atoms with Gasteiger partial charge in [0.25, 0.3) is 11.6 Å². The number of nitro benzene ring substituents is 1. The van der Waals surface area contributed by atoms with Crippen LogP contribution in [-0.2, 0) is 0 Å². The van der Waals surface area contributed by atoms with E-state index in [9.17, 15) is 14.9 Å². The van der Waals surface area contributed by atoms with E-state index in [1.807, 2.05) is 6.92 Å². The first-order valence-electron chi connectivity index (χ1n) is 5.66. The highest BCUT2D eigenvalue weighted by Crippen LogP contribution is 2.17. The van der Waals surface area contributed by atoms with Gasteiger partial charge in [-0.1, -0.05) is 6.07 Å². The van der Waals surface area contributed by atoms with Gasteiger partial charge in [-0.05, 0) is 26.5 Å². The second kappa shape index (κ2) is 6.11. The van der Waals surface area contributed by atoms with Crippen LogP contribution < -0.4 is 10.6 Å². The summed E-state index contributed by atoms with van der Waals surface area (Å²) in [5, 5.41) is 16.4. The Morgan fingerprint density at radius 1 is 1.50 bits per heavy atom. The zero-order chi connectivity index (χ0) is 13.7. The van der Waals surface area contributed by atoms with Crippen LogP contribution >= 0.6 is 0 Å². The largest absolute Gasteiger partial charge is 0.350 e. The number of carbonyl (C=O) groups excluding carboxylic acids is 1. The predicted molar refractivity (Wildman–Crippen MR) is 68.7 cm³/mol. The minimum Gasteiger partial charge on any atom is -0.350 e. The molecule has 18 heavy (non-hydrogen) atoms. The van der Waals surface area contributed by atoms with Gasteiger partial charge in [-0.3, -0.25) is 14.9 Å².